The summed E-state index contributed by atoms with van der Waals surface area (Å²) in [6, 6.07) is 0. The molecule has 0 saturated carbocycles. The van der Waals surface area contributed by atoms with Gasteiger partial charge < -0.3 is 19.7 Å². The molecule has 6 atom stereocenters. The van der Waals surface area contributed by atoms with E-state index in [0.717, 1.165) is 0 Å². The molecule has 0 aromatic heterocycles. The number of hydrogen-bond acceptors (Lipinski definition) is 5. The summed E-state index contributed by atoms with van der Waals surface area (Å²) in [6.07, 6.45) is -1.88. The Morgan fingerprint density at radius 1 is 0.720 bits per heavy atom. The van der Waals surface area contributed by atoms with Crippen LogP contribution in [0, 0.1) is 17.8 Å². The Balaban J connectivity index is 5.40. The third kappa shape index (κ3) is 7.02. The van der Waals surface area contributed by atoms with Crippen molar-refractivity contribution in [2.24, 2.45) is 17.8 Å². The molecule has 146 valence electrons. The molecule has 0 aromatic carbocycles. The fourth-order valence-electron chi connectivity index (χ4n) is 2.26. The second-order valence-electron chi connectivity index (χ2n) is 6.67. The first-order valence-electron chi connectivity index (χ1n) is 8.91. The molecule has 0 fully saturated rings. The first-order chi connectivity index (χ1) is 11.6. The Labute approximate surface area is 149 Å². The molecule has 0 aliphatic heterocycles. The molecule has 0 aliphatic carbocycles. The van der Waals surface area contributed by atoms with Gasteiger partial charge in [0, 0.05) is 5.92 Å². The fourth-order valence-corrected chi connectivity index (χ4v) is 2.26. The summed E-state index contributed by atoms with van der Waals surface area (Å²) in [5.41, 5.74) is 0. The van der Waals surface area contributed by atoms with Gasteiger partial charge in [-0.25, -0.2) is 14.4 Å². The number of carbonyl (C=O) groups excluding carboxylic acids is 1. The van der Waals surface area contributed by atoms with Gasteiger partial charge in [0.25, 0.3) is 0 Å². The molecule has 0 amide bonds. The van der Waals surface area contributed by atoms with Crippen LogP contribution in [0.25, 0.3) is 0 Å². The molecule has 0 radical (unpaired) electrons. The van der Waals surface area contributed by atoms with Crippen LogP contribution in [0.15, 0.2) is 0 Å². The number of ether oxygens (including phenoxy) is 2. The molecular weight excluding hydrogens is 328 g/mol. The number of carboxylic acids is 2. The van der Waals surface area contributed by atoms with E-state index >= 15 is 0 Å². The van der Waals surface area contributed by atoms with Gasteiger partial charge in [0.05, 0.1) is 0 Å². The van der Waals surface area contributed by atoms with E-state index in [9.17, 15) is 24.6 Å². The van der Waals surface area contributed by atoms with Crippen molar-refractivity contribution < 1.29 is 34.1 Å². The van der Waals surface area contributed by atoms with Crippen molar-refractivity contribution in [2.45, 2.75) is 79.1 Å². The fraction of sp³-hybridized carbons (Fsp3) is 0.833. The molecule has 7 nitrogen and oxygen atoms in total. The highest BCUT2D eigenvalue weighted by molar-refractivity contribution is 5.81. The lowest BCUT2D eigenvalue weighted by Gasteiger charge is -2.29. The summed E-state index contributed by atoms with van der Waals surface area (Å²) in [4.78, 5) is 35.4. The third-order valence-corrected chi connectivity index (χ3v) is 4.74. The molecule has 0 heterocycles. The van der Waals surface area contributed by atoms with E-state index in [1.54, 1.807) is 27.7 Å². The highest BCUT2D eigenvalue weighted by Gasteiger charge is 2.37. The summed E-state index contributed by atoms with van der Waals surface area (Å²) in [7, 11) is 0. The second-order valence-corrected chi connectivity index (χ2v) is 6.67. The topological polar surface area (TPSA) is 110 Å². The Morgan fingerprint density at radius 2 is 1.08 bits per heavy atom. The van der Waals surface area contributed by atoms with Gasteiger partial charge in [-0.1, -0.05) is 54.4 Å². The van der Waals surface area contributed by atoms with Crippen LogP contribution >= 0.6 is 0 Å². The lowest BCUT2D eigenvalue weighted by molar-refractivity contribution is -0.187. The predicted molar refractivity (Wildman–Crippen MR) is 92.2 cm³/mol. The van der Waals surface area contributed by atoms with Crippen LogP contribution in [0.5, 0.6) is 0 Å². The van der Waals surface area contributed by atoms with Crippen LogP contribution < -0.4 is 0 Å². The maximum atomic E-state index is 12.5. The molecule has 2 N–H and O–H groups in total. The average molecular weight is 360 g/mol. The number of esters is 1. The van der Waals surface area contributed by atoms with E-state index in [4.69, 9.17) is 9.47 Å². The summed E-state index contributed by atoms with van der Waals surface area (Å²) >= 11 is 0. The van der Waals surface area contributed by atoms with Crippen LogP contribution in [0.3, 0.4) is 0 Å². The van der Waals surface area contributed by atoms with Crippen molar-refractivity contribution >= 4 is 17.9 Å². The lowest BCUT2D eigenvalue weighted by atomic mass is 9.98. The molecular formula is C18H32O7. The normalized spacial score (nSPS) is 18.5. The van der Waals surface area contributed by atoms with Gasteiger partial charge in [-0.05, 0) is 18.3 Å². The van der Waals surface area contributed by atoms with Gasteiger partial charge in [-0.15, -0.1) is 0 Å². The molecule has 0 rings (SSSR count). The molecule has 6 unspecified atom stereocenters. The van der Waals surface area contributed by atoms with E-state index < -0.39 is 36.2 Å². The van der Waals surface area contributed by atoms with E-state index in [1.165, 1.54) is 0 Å². The molecule has 7 heteroatoms. The first kappa shape index (κ1) is 23.4. The van der Waals surface area contributed by atoms with Crippen LogP contribution in [0.2, 0.25) is 0 Å². The minimum Gasteiger partial charge on any atom is -0.479 e. The van der Waals surface area contributed by atoms with Crippen LogP contribution in [-0.4, -0.2) is 46.4 Å². The quantitative estimate of drug-likeness (QED) is 0.515. The van der Waals surface area contributed by atoms with Crippen LogP contribution in [0.1, 0.15) is 60.8 Å². The van der Waals surface area contributed by atoms with Crippen molar-refractivity contribution in [3.05, 3.63) is 0 Å². The van der Waals surface area contributed by atoms with Gasteiger partial charge in [0.1, 0.15) is 0 Å². The van der Waals surface area contributed by atoms with E-state index in [2.05, 4.69) is 0 Å². The third-order valence-electron chi connectivity index (χ3n) is 4.74. The van der Waals surface area contributed by atoms with Gasteiger partial charge in [-0.2, -0.15) is 0 Å². The zero-order chi connectivity index (χ0) is 19.7. The number of hydrogen-bond donors (Lipinski definition) is 2. The first-order valence-corrected chi connectivity index (χ1v) is 8.91. The molecule has 0 aliphatic rings. The van der Waals surface area contributed by atoms with Crippen LogP contribution in [-0.2, 0) is 23.9 Å². The highest BCUT2D eigenvalue weighted by atomic mass is 16.6. The Morgan fingerprint density at radius 3 is 1.44 bits per heavy atom. The van der Waals surface area contributed by atoms with E-state index in [0.29, 0.717) is 19.3 Å². The van der Waals surface area contributed by atoms with E-state index in [-0.39, 0.29) is 17.8 Å². The predicted octanol–water partition coefficient (Wildman–Crippen LogP) is 2.96. The molecule has 25 heavy (non-hydrogen) atoms. The van der Waals surface area contributed by atoms with Crippen molar-refractivity contribution in [2.75, 3.05) is 0 Å². The van der Waals surface area contributed by atoms with E-state index in [1.807, 2.05) is 13.8 Å². The average Bonchev–Trinajstić information content (AvgIpc) is 2.57. The Kier molecular flexibility index (Phi) is 10.4. The van der Waals surface area contributed by atoms with Crippen molar-refractivity contribution in [3.63, 3.8) is 0 Å². The largest absolute Gasteiger partial charge is 0.479 e. The summed E-state index contributed by atoms with van der Waals surface area (Å²) < 4.78 is 10.8. The van der Waals surface area contributed by atoms with Crippen molar-refractivity contribution in [1.29, 1.82) is 0 Å². The van der Waals surface area contributed by atoms with Gasteiger partial charge in [0.2, 0.25) is 6.10 Å². The zero-order valence-corrected chi connectivity index (χ0v) is 16.0. The van der Waals surface area contributed by atoms with Gasteiger partial charge >= 0.3 is 17.9 Å². The van der Waals surface area contributed by atoms with Crippen molar-refractivity contribution in [1.82, 2.24) is 0 Å². The number of rotatable bonds is 12. The second kappa shape index (κ2) is 11.1. The maximum absolute atomic E-state index is 12.5. The molecule has 0 spiro atoms. The minimum atomic E-state index is -1.28. The highest BCUT2D eigenvalue weighted by Crippen LogP contribution is 2.22. The lowest BCUT2D eigenvalue weighted by Crippen LogP contribution is -2.44. The smallest absolute Gasteiger partial charge is 0.345 e. The monoisotopic (exact) mass is 360 g/mol. The summed E-state index contributed by atoms with van der Waals surface area (Å²) in [5.74, 6) is -4.14. The maximum Gasteiger partial charge on any atom is 0.345 e. The molecule has 0 saturated heterocycles. The molecule has 0 aromatic rings. The van der Waals surface area contributed by atoms with Gasteiger partial charge in [0.15, 0.2) is 12.2 Å². The number of aliphatic carboxylic acids is 2. The van der Waals surface area contributed by atoms with Crippen LogP contribution in [0.4, 0.5) is 0 Å². The Hall–Kier alpha value is -1.63. The molecule has 0 bridgehead atoms. The minimum absolute atomic E-state index is 0.290. The number of carbonyl (C=O) groups is 3. The SMILES string of the molecule is CCC(C)C(OC(=O)C(OC(C(=O)O)C(C)CC)C(C)CC)C(=O)O. The zero-order valence-electron chi connectivity index (χ0n) is 16.0. The standard InChI is InChI=1S/C18H32O7/c1-7-10(4)13(16(19)20)24-15(12(6)9-3)18(23)25-14(17(21)22)11(5)8-2/h10-15H,7-9H2,1-6H3,(H,19,20)(H,21,22). The summed E-state index contributed by atoms with van der Waals surface area (Å²) in [5, 5.41) is 18.7. The number of carboxylic acid groups (broad SMARTS) is 2. The van der Waals surface area contributed by atoms with Crippen molar-refractivity contribution in [3.8, 4) is 0 Å². The van der Waals surface area contributed by atoms with Gasteiger partial charge in [-0.3, -0.25) is 0 Å². The Bertz CT molecular complexity index is 449. The summed E-state index contributed by atoms with van der Waals surface area (Å²) in [6.45, 7) is 10.7.